The van der Waals surface area contributed by atoms with E-state index in [0.717, 1.165) is 36.1 Å². The summed E-state index contributed by atoms with van der Waals surface area (Å²) in [5.74, 6) is 5.48. The van der Waals surface area contributed by atoms with Gasteiger partial charge in [-0.15, -0.1) is 0 Å². The van der Waals surface area contributed by atoms with Crippen LogP contribution in [0.1, 0.15) is 44.9 Å². The normalized spacial score (nSPS) is 48.3. The first-order valence-corrected chi connectivity index (χ1v) is 7.95. The highest BCUT2D eigenvalue weighted by Crippen LogP contribution is 2.55. The highest BCUT2D eigenvalue weighted by atomic mass is 16.2. The van der Waals surface area contributed by atoms with Crippen LogP contribution in [0, 0.1) is 35.5 Å². The van der Waals surface area contributed by atoms with Gasteiger partial charge in [0.05, 0.1) is 0 Å². The van der Waals surface area contributed by atoms with E-state index < -0.39 is 0 Å². The van der Waals surface area contributed by atoms with Gasteiger partial charge in [-0.3, -0.25) is 4.79 Å². The smallest absolute Gasteiger partial charge is 0.225 e. The fourth-order valence-corrected chi connectivity index (χ4v) is 5.27. The average Bonchev–Trinajstić information content (AvgIpc) is 2.78. The second kappa shape index (κ2) is 3.98. The minimum Gasteiger partial charge on any atom is -0.345 e. The molecule has 0 aromatic heterocycles. The van der Waals surface area contributed by atoms with Crippen LogP contribution in [0.5, 0.6) is 0 Å². The zero-order chi connectivity index (χ0) is 12.3. The third-order valence-electron chi connectivity index (χ3n) is 6.36. The van der Waals surface area contributed by atoms with Crippen molar-refractivity contribution < 1.29 is 4.79 Å². The van der Waals surface area contributed by atoms with E-state index in [2.05, 4.69) is 11.9 Å². The molecule has 0 aromatic rings. The molecule has 0 saturated heterocycles. The van der Waals surface area contributed by atoms with Crippen molar-refractivity contribution in [1.29, 1.82) is 0 Å². The van der Waals surface area contributed by atoms with Gasteiger partial charge < -0.3 is 4.90 Å². The van der Waals surface area contributed by atoms with Gasteiger partial charge in [0, 0.05) is 19.5 Å². The summed E-state index contributed by atoms with van der Waals surface area (Å²) in [6.07, 6.45) is 9.57. The van der Waals surface area contributed by atoms with E-state index in [1.165, 1.54) is 44.9 Å². The molecule has 100 valence electrons. The van der Waals surface area contributed by atoms with Gasteiger partial charge in [0.2, 0.25) is 5.91 Å². The highest BCUT2D eigenvalue weighted by Gasteiger charge is 2.49. The lowest BCUT2D eigenvalue weighted by atomic mass is 9.88. The minimum absolute atomic E-state index is 0.386. The second-order valence-electron chi connectivity index (χ2n) is 7.58. The number of nitrogens with zero attached hydrogens (tertiary/aromatic N) is 1. The van der Waals surface area contributed by atoms with E-state index in [0.29, 0.717) is 11.8 Å². The molecule has 0 N–H and O–H groups in total. The van der Waals surface area contributed by atoms with Crippen molar-refractivity contribution in [3.05, 3.63) is 0 Å². The van der Waals surface area contributed by atoms with Crippen molar-refractivity contribution in [3.63, 3.8) is 0 Å². The van der Waals surface area contributed by atoms with Gasteiger partial charge in [0.25, 0.3) is 0 Å². The second-order valence-corrected chi connectivity index (χ2v) is 7.58. The Labute approximate surface area is 110 Å². The van der Waals surface area contributed by atoms with Gasteiger partial charge in [0.1, 0.15) is 0 Å². The lowest BCUT2D eigenvalue weighted by Crippen LogP contribution is -2.37. The minimum atomic E-state index is 0.386. The lowest BCUT2D eigenvalue weighted by molar-refractivity contribution is -0.135. The molecule has 18 heavy (non-hydrogen) atoms. The molecule has 0 spiro atoms. The van der Waals surface area contributed by atoms with Crippen LogP contribution in [0.2, 0.25) is 0 Å². The third kappa shape index (κ3) is 1.80. The molecule has 0 heterocycles. The molecule has 0 aliphatic heterocycles. The van der Waals surface area contributed by atoms with Crippen LogP contribution in [-0.4, -0.2) is 24.4 Å². The standard InChI is InChI=1S/C16H25NO/c1-17(9-15-5-10-2-3-11(15)4-10)16(18)14-7-12-6-13(12)8-14/h10-15H,2-9H2,1H3. The highest BCUT2D eigenvalue weighted by molar-refractivity contribution is 5.79. The molecule has 4 fully saturated rings. The van der Waals surface area contributed by atoms with Crippen molar-refractivity contribution in [3.8, 4) is 0 Å². The summed E-state index contributed by atoms with van der Waals surface area (Å²) >= 11 is 0. The number of amides is 1. The monoisotopic (exact) mass is 247 g/mol. The van der Waals surface area contributed by atoms with Gasteiger partial charge in [-0.05, 0) is 68.1 Å². The van der Waals surface area contributed by atoms with Gasteiger partial charge in [0.15, 0.2) is 0 Å². The fourth-order valence-electron chi connectivity index (χ4n) is 5.27. The Balaban J connectivity index is 1.32. The molecule has 2 heteroatoms. The predicted octanol–water partition coefficient (Wildman–Crippen LogP) is 2.93. The SMILES string of the molecule is CN(CC1CC2CCC1C2)C(=O)C1CC2CC2C1. The zero-order valence-corrected chi connectivity index (χ0v) is 11.5. The molecular formula is C16H25NO. The zero-order valence-electron chi connectivity index (χ0n) is 11.5. The van der Waals surface area contributed by atoms with Crippen LogP contribution in [0.15, 0.2) is 0 Å². The summed E-state index contributed by atoms with van der Waals surface area (Å²) in [4.78, 5) is 14.5. The molecule has 2 nitrogen and oxygen atoms in total. The summed E-state index contributed by atoms with van der Waals surface area (Å²) < 4.78 is 0. The van der Waals surface area contributed by atoms with Crippen LogP contribution in [-0.2, 0) is 4.79 Å². The van der Waals surface area contributed by atoms with E-state index >= 15 is 0 Å². The molecule has 0 radical (unpaired) electrons. The third-order valence-corrected chi connectivity index (χ3v) is 6.36. The van der Waals surface area contributed by atoms with Crippen molar-refractivity contribution in [2.45, 2.75) is 44.9 Å². The molecule has 4 saturated carbocycles. The van der Waals surface area contributed by atoms with Gasteiger partial charge in [-0.25, -0.2) is 0 Å². The first-order valence-electron chi connectivity index (χ1n) is 7.95. The number of hydrogen-bond acceptors (Lipinski definition) is 1. The van der Waals surface area contributed by atoms with Crippen LogP contribution >= 0.6 is 0 Å². The number of fused-ring (bicyclic) bond motifs is 3. The quantitative estimate of drug-likeness (QED) is 0.751. The van der Waals surface area contributed by atoms with Crippen molar-refractivity contribution in [2.24, 2.45) is 35.5 Å². The van der Waals surface area contributed by atoms with E-state index in [1.54, 1.807) is 0 Å². The van der Waals surface area contributed by atoms with E-state index in [9.17, 15) is 4.79 Å². The number of hydrogen-bond donors (Lipinski definition) is 0. The molecule has 2 bridgehead atoms. The largest absolute Gasteiger partial charge is 0.345 e. The molecule has 1 amide bonds. The summed E-state index contributed by atoms with van der Waals surface area (Å²) in [5, 5.41) is 0. The molecule has 4 aliphatic rings. The van der Waals surface area contributed by atoms with Crippen molar-refractivity contribution in [1.82, 2.24) is 4.90 Å². The summed E-state index contributed by atoms with van der Waals surface area (Å²) in [7, 11) is 2.05. The maximum atomic E-state index is 12.4. The number of carbonyl (C=O) groups is 1. The van der Waals surface area contributed by atoms with Crippen molar-refractivity contribution in [2.75, 3.05) is 13.6 Å². The maximum Gasteiger partial charge on any atom is 0.225 e. The molecular weight excluding hydrogens is 222 g/mol. The average molecular weight is 247 g/mol. The molecule has 4 rings (SSSR count). The van der Waals surface area contributed by atoms with Crippen molar-refractivity contribution >= 4 is 5.91 Å². The van der Waals surface area contributed by atoms with Gasteiger partial charge in [-0.1, -0.05) is 6.42 Å². The Kier molecular flexibility index (Phi) is 2.50. The van der Waals surface area contributed by atoms with Crippen LogP contribution in [0.3, 0.4) is 0 Å². The number of rotatable bonds is 3. The topological polar surface area (TPSA) is 20.3 Å². The summed E-state index contributed by atoms with van der Waals surface area (Å²) in [6, 6.07) is 0. The Bertz CT molecular complexity index is 356. The lowest BCUT2D eigenvalue weighted by Gasteiger charge is -2.29. The van der Waals surface area contributed by atoms with Crippen LogP contribution in [0.4, 0.5) is 0 Å². The molecule has 4 aliphatic carbocycles. The first kappa shape index (κ1) is 11.3. The Morgan fingerprint density at radius 1 is 1.00 bits per heavy atom. The van der Waals surface area contributed by atoms with E-state index in [1.807, 2.05) is 0 Å². The maximum absolute atomic E-state index is 12.4. The summed E-state index contributed by atoms with van der Waals surface area (Å²) in [6.45, 7) is 1.05. The summed E-state index contributed by atoms with van der Waals surface area (Å²) in [5.41, 5.74) is 0. The van der Waals surface area contributed by atoms with Gasteiger partial charge >= 0.3 is 0 Å². The first-order chi connectivity index (χ1) is 8.70. The van der Waals surface area contributed by atoms with E-state index in [-0.39, 0.29) is 0 Å². The Morgan fingerprint density at radius 2 is 1.78 bits per heavy atom. The molecule has 5 atom stereocenters. The predicted molar refractivity (Wildman–Crippen MR) is 70.9 cm³/mol. The number of carbonyl (C=O) groups excluding carboxylic acids is 1. The molecule has 0 aromatic carbocycles. The Morgan fingerprint density at radius 3 is 2.39 bits per heavy atom. The fraction of sp³-hybridized carbons (Fsp3) is 0.938. The molecule has 5 unspecified atom stereocenters. The van der Waals surface area contributed by atoms with Gasteiger partial charge in [-0.2, -0.15) is 0 Å². The Hall–Kier alpha value is -0.530. The van der Waals surface area contributed by atoms with Crippen LogP contribution < -0.4 is 0 Å². The van der Waals surface area contributed by atoms with E-state index in [4.69, 9.17) is 0 Å². The van der Waals surface area contributed by atoms with Crippen LogP contribution in [0.25, 0.3) is 0 Å².